The summed E-state index contributed by atoms with van der Waals surface area (Å²) < 4.78 is 68.8. The standard InChI is InChI=1S/C17H16ClF3N2O4S/c1-27-15-6-4-3-5-14(15)23(28(2,25)26)10-16(24)22-13-9-11(17(19,20)21)7-8-12(13)18/h3-9H,10H2,1-2H3,(H,22,24). The molecule has 0 radical (unpaired) electrons. The van der Waals surface area contributed by atoms with Gasteiger partial charge < -0.3 is 10.1 Å². The number of carbonyl (C=O) groups excluding carboxylic acids is 1. The Labute approximate surface area is 164 Å². The van der Waals surface area contributed by atoms with Gasteiger partial charge in [-0.25, -0.2) is 8.42 Å². The molecule has 6 nitrogen and oxygen atoms in total. The Bertz CT molecular complexity index is 981. The molecule has 1 N–H and O–H groups in total. The van der Waals surface area contributed by atoms with Gasteiger partial charge in [0.25, 0.3) is 0 Å². The zero-order chi connectivity index (χ0) is 21.1. The van der Waals surface area contributed by atoms with Crippen molar-refractivity contribution in [1.29, 1.82) is 0 Å². The lowest BCUT2D eigenvalue weighted by molar-refractivity contribution is -0.137. The third kappa shape index (κ3) is 5.29. The Morgan fingerprint density at radius 3 is 2.43 bits per heavy atom. The average Bonchev–Trinajstić information content (AvgIpc) is 2.59. The minimum Gasteiger partial charge on any atom is -0.495 e. The van der Waals surface area contributed by atoms with Crippen LogP contribution in [0.4, 0.5) is 24.5 Å². The molecule has 0 aromatic heterocycles. The highest BCUT2D eigenvalue weighted by Crippen LogP contribution is 2.34. The van der Waals surface area contributed by atoms with E-state index in [1.54, 1.807) is 12.1 Å². The van der Waals surface area contributed by atoms with Gasteiger partial charge in [-0.1, -0.05) is 23.7 Å². The molecule has 0 bridgehead atoms. The Balaban J connectivity index is 2.31. The van der Waals surface area contributed by atoms with Crippen molar-refractivity contribution < 1.29 is 31.1 Å². The molecular weight excluding hydrogens is 421 g/mol. The van der Waals surface area contributed by atoms with Gasteiger partial charge in [-0.3, -0.25) is 9.10 Å². The van der Waals surface area contributed by atoms with E-state index in [-0.39, 0.29) is 22.1 Å². The summed E-state index contributed by atoms with van der Waals surface area (Å²) in [6, 6.07) is 8.56. The third-order valence-electron chi connectivity index (χ3n) is 3.61. The molecule has 11 heteroatoms. The van der Waals surface area contributed by atoms with Crippen LogP contribution in [0.2, 0.25) is 5.02 Å². The number of amides is 1. The first-order valence-electron chi connectivity index (χ1n) is 7.71. The molecule has 0 saturated heterocycles. The van der Waals surface area contributed by atoms with E-state index in [4.69, 9.17) is 16.3 Å². The predicted octanol–water partition coefficient (Wildman–Crippen LogP) is 3.77. The molecule has 2 aromatic rings. The number of ether oxygens (including phenoxy) is 1. The van der Waals surface area contributed by atoms with E-state index < -0.39 is 34.2 Å². The van der Waals surface area contributed by atoms with Gasteiger partial charge in [-0.05, 0) is 30.3 Å². The normalized spacial score (nSPS) is 11.8. The Morgan fingerprint density at radius 2 is 1.86 bits per heavy atom. The lowest BCUT2D eigenvalue weighted by Crippen LogP contribution is -2.37. The van der Waals surface area contributed by atoms with Crippen LogP contribution >= 0.6 is 11.6 Å². The predicted molar refractivity (Wildman–Crippen MR) is 100 cm³/mol. The van der Waals surface area contributed by atoms with E-state index in [1.165, 1.54) is 19.2 Å². The molecule has 152 valence electrons. The van der Waals surface area contributed by atoms with Gasteiger partial charge in [0, 0.05) is 0 Å². The van der Waals surface area contributed by atoms with Crippen LogP contribution in [0, 0.1) is 0 Å². The number of hydrogen-bond acceptors (Lipinski definition) is 4. The number of sulfonamides is 1. The summed E-state index contributed by atoms with van der Waals surface area (Å²) >= 11 is 5.85. The van der Waals surface area contributed by atoms with Crippen LogP contribution in [0.1, 0.15) is 5.56 Å². The maximum Gasteiger partial charge on any atom is 0.416 e. The summed E-state index contributed by atoms with van der Waals surface area (Å²) in [5, 5.41) is 2.09. The molecule has 0 atom stereocenters. The number of para-hydroxylation sites is 2. The number of hydrogen-bond donors (Lipinski definition) is 1. The summed E-state index contributed by atoms with van der Waals surface area (Å²) in [6.45, 7) is -0.689. The number of alkyl halides is 3. The molecule has 0 spiro atoms. The van der Waals surface area contributed by atoms with Gasteiger partial charge in [-0.2, -0.15) is 13.2 Å². The molecule has 0 unspecified atom stereocenters. The zero-order valence-corrected chi connectivity index (χ0v) is 16.3. The van der Waals surface area contributed by atoms with Crippen LogP contribution in [0.15, 0.2) is 42.5 Å². The molecule has 0 aliphatic carbocycles. The van der Waals surface area contributed by atoms with Crippen LogP contribution in [0.5, 0.6) is 5.75 Å². The van der Waals surface area contributed by atoms with E-state index in [0.29, 0.717) is 6.07 Å². The topological polar surface area (TPSA) is 75.7 Å². The SMILES string of the molecule is COc1ccccc1N(CC(=O)Nc1cc(C(F)(F)F)ccc1Cl)S(C)(=O)=O. The van der Waals surface area contributed by atoms with Gasteiger partial charge in [-0.15, -0.1) is 0 Å². The van der Waals surface area contributed by atoms with Crippen LogP contribution in [0.3, 0.4) is 0 Å². The van der Waals surface area contributed by atoms with Crippen molar-refractivity contribution in [2.45, 2.75) is 6.18 Å². The molecule has 0 aliphatic heterocycles. The Morgan fingerprint density at radius 1 is 1.21 bits per heavy atom. The second kappa shape index (κ2) is 8.27. The van der Waals surface area contributed by atoms with Crippen LogP contribution in [-0.2, 0) is 21.0 Å². The van der Waals surface area contributed by atoms with Crippen molar-refractivity contribution in [3.8, 4) is 5.75 Å². The molecule has 1 amide bonds. The van der Waals surface area contributed by atoms with Crippen molar-refractivity contribution in [3.63, 3.8) is 0 Å². The molecule has 0 heterocycles. The molecular formula is C17H16ClF3N2O4S. The van der Waals surface area contributed by atoms with Crippen LogP contribution in [-0.4, -0.2) is 34.2 Å². The number of rotatable bonds is 6. The highest BCUT2D eigenvalue weighted by atomic mass is 35.5. The van der Waals surface area contributed by atoms with E-state index in [0.717, 1.165) is 22.7 Å². The lowest BCUT2D eigenvalue weighted by atomic mass is 10.2. The first-order chi connectivity index (χ1) is 12.9. The van der Waals surface area contributed by atoms with Crippen molar-refractivity contribution in [3.05, 3.63) is 53.1 Å². The maximum atomic E-state index is 12.9. The Hall–Kier alpha value is -2.46. The first-order valence-corrected chi connectivity index (χ1v) is 9.93. The van der Waals surface area contributed by atoms with Gasteiger partial charge >= 0.3 is 6.18 Å². The number of nitrogens with one attached hydrogen (secondary N) is 1. The fourth-order valence-electron chi connectivity index (χ4n) is 2.33. The molecule has 0 fully saturated rings. The molecule has 2 rings (SSSR count). The number of carbonyl (C=O) groups is 1. The largest absolute Gasteiger partial charge is 0.495 e. The maximum absolute atomic E-state index is 12.9. The van der Waals surface area contributed by atoms with Gasteiger partial charge in [0.05, 0.1) is 35.3 Å². The highest BCUT2D eigenvalue weighted by Gasteiger charge is 2.31. The zero-order valence-electron chi connectivity index (χ0n) is 14.7. The summed E-state index contributed by atoms with van der Waals surface area (Å²) in [4.78, 5) is 12.4. The van der Waals surface area contributed by atoms with E-state index in [1.807, 2.05) is 0 Å². The van der Waals surface area contributed by atoms with Gasteiger partial charge in [0.1, 0.15) is 12.3 Å². The number of nitrogens with zero attached hydrogens (tertiary/aromatic N) is 1. The fourth-order valence-corrected chi connectivity index (χ4v) is 3.36. The van der Waals surface area contributed by atoms with E-state index >= 15 is 0 Å². The Kier molecular flexibility index (Phi) is 6.45. The van der Waals surface area contributed by atoms with Gasteiger partial charge in [0.2, 0.25) is 15.9 Å². The van der Waals surface area contributed by atoms with Crippen LogP contribution < -0.4 is 14.4 Å². The van der Waals surface area contributed by atoms with Crippen molar-refractivity contribution in [1.82, 2.24) is 0 Å². The van der Waals surface area contributed by atoms with Crippen molar-refractivity contribution >= 4 is 38.9 Å². The second-order valence-corrected chi connectivity index (χ2v) is 8.00. The van der Waals surface area contributed by atoms with Crippen molar-refractivity contribution in [2.24, 2.45) is 0 Å². The monoisotopic (exact) mass is 436 g/mol. The van der Waals surface area contributed by atoms with Crippen LogP contribution in [0.25, 0.3) is 0 Å². The minimum absolute atomic E-state index is 0.109. The quantitative estimate of drug-likeness (QED) is 0.748. The molecule has 28 heavy (non-hydrogen) atoms. The number of methoxy groups -OCH3 is 1. The molecule has 2 aromatic carbocycles. The van der Waals surface area contributed by atoms with Gasteiger partial charge in [0.15, 0.2) is 0 Å². The summed E-state index contributed by atoms with van der Waals surface area (Å²) in [5.74, 6) is -0.671. The summed E-state index contributed by atoms with van der Waals surface area (Å²) in [6.07, 6.45) is -3.73. The third-order valence-corrected chi connectivity index (χ3v) is 5.07. The highest BCUT2D eigenvalue weighted by molar-refractivity contribution is 7.92. The number of anilines is 2. The first kappa shape index (κ1) is 21.8. The fraction of sp³-hybridized carbons (Fsp3) is 0.235. The van der Waals surface area contributed by atoms with E-state index in [2.05, 4.69) is 5.32 Å². The van der Waals surface area contributed by atoms with E-state index in [9.17, 15) is 26.4 Å². The smallest absolute Gasteiger partial charge is 0.416 e. The average molecular weight is 437 g/mol. The minimum atomic E-state index is -4.62. The number of halogens is 4. The number of benzene rings is 2. The lowest BCUT2D eigenvalue weighted by Gasteiger charge is -2.23. The second-order valence-electron chi connectivity index (χ2n) is 5.68. The van der Waals surface area contributed by atoms with Crippen molar-refractivity contribution in [2.75, 3.05) is 29.5 Å². The summed E-state index contributed by atoms with van der Waals surface area (Å²) in [7, 11) is -2.56. The molecule has 0 aliphatic rings. The summed E-state index contributed by atoms with van der Waals surface area (Å²) in [5.41, 5.74) is -1.18. The molecule has 0 saturated carbocycles.